The molecule has 0 radical (unpaired) electrons. The third-order valence-corrected chi connectivity index (χ3v) is 7.47. The van der Waals surface area contributed by atoms with E-state index in [1.807, 2.05) is 67.6 Å². The molecule has 3 heterocycles. The lowest BCUT2D eigenvalue weighted by molar-refractivity contribution is 0.125. The number of nitrogens with zero attached hydrogens (tertiary/aromatic N) is 5. The smallest absolute Gasteiger partial charge is 0.228 e. The van der Waals surface area contributed by atoms with Gasteiger partial charge >= 0.3 is 0 Å². The van der Waals surface area contributed by atoms with Gasteiger partial charge in [0.15, 0.2) is 29.6 Å². The molecule has 208 valence electrons. The van der Waals surface area contributed by atoms with Crippen LogP contribution in [0.3, 0.4) is 0 Å². The van der Waals surface area contributed by atoms with Crippen molar-refractivity contribution in [2.45, 2.75) is 19.4 Å². The topological polar surface area (TPSA) is 92.4 Å². The highest BCUT2D eigenvalue weighted by Crippen LogP contribution is 2.51. The number of ether oxygens (including phenoxy) is 3. The molecule has 7 rings (SSSR count). The van der Waals surface area contributed by atoms with Crippen LogP contribution in [0.4, 0.5) is 0 Å². The van der Waals surface area contributed by atoms with Gasteiger partial charge in [0, 0.05) is 16.9 Å². The zero-order chi connectivity index (χ0) is 28.6. The summed E-state index contributed by atoms with van der Waals surface area (Å²) in [5.41, 5.74) is 5.15. The molecule has 1 aliphatic heterocycles. The third-order valence-electron chi connectivity index (χ3n) is 7.47. The lowest BCUT2D eigenvalue weighted by Gasteiger charge is -2.29. The van der Waals surface area contributed by atoms with Crippen LogP contribution in [0, 0.1) is 0 Å². The van der Waals surface area contributed by atoms with E-state index < -0.39 is 0 Å². The van der Waals surface area contributed by atoms with E-state index in [1.165, 1.54) is 0 Å². The van der Waals surface area contributed by atoms with E-state index >= 15 is 0 Å². The third kappa shape index (κ3) is 4.35. The molecule has 0 spiro atoms. The zero-order valence-corrected chi connectivity index (χ0v) is 23.3. The van der Waals surface area contributed by atoms with E-state index in [9.17, 15) is 0 Å². The number of hydrogen-bond donors (Lipinski definition) is 0. The van der Waals surface area contributed by atoms with Crippen molar-refractivity contribution in [1.82, 2.24) is 19.6 Å². The molecule has 0 bridgehead atoms. The Hall–Kier alpha value is -5.44. The lowest BCUT2D eigenvalue weighted by Crippen LogP contribution is -2.15. The predicted octanol–water partition coefficient (Wildman–Crippen LogP) is 6.52. The van der Waals surface area contributed by atoms with Gasteiger partial charge in [0.2, 0.25) is 5.88 Å². The average molecular weight is 558 g/mol. The molecule has 0 unspecified atom stereocenters. The number of methoxy groups -OCH3 is 2. The summed E-state index contributed by atoms with van der Waals surface area (Å²) < 4.78 is 19.4. The molecular weight excluding hydrogens is 530 g/mol. The van der Waals surface area contributed by atoms with Crippen LogP contribution in [0.25, 0.3) is 16.4 Å². The highest BCUT2D eigenvalue weighted by Gasteiger charge is 2.34. The minimum Gasteiger partial charge on any atom is -0.493 e. The van der Waals surface area contributed by atoms with Crippen molar-refractivity contribution in [1.29, 1.82) is 0 Å². The summed E-state index contributed by atoms with van der Waals surface area (Å²) >= 11 is 0. The van der Waals surface area contributed by atoms with Crippen molar-refractivity contribution in [2.24, 2.45) is 5.16 Å². The number of fused-ring (bicyclic) bond motifs is 6. The number of oxime groups is 1. The van der Waals surface area contributed by atoms with Crippen molar-refractivity contribution >= 4 is 22.1 Å². The van der Waals surface area contributed by atoms with Crippen LogP contribution in [0.5, 0.6) is 23.1 Å². The summed E-state index contributed by atoms with van der Waals surface area (Å²) in [5.74, 6) is 2.74. The Morgan fingerprint density at radius 3 is 2.57 bits per heavy atom. The van der Waals surface area contributed by atoms with E-state index in [2.05, 4.69) is 39.5 Å². The first-order valence-electron chi connectivity index (χ1n) is 13.5. The fourth-order valence-electron chi connectivity index (χ4n) is 5.45. The molecule has 0 aliphatic carbocycles. The molecule has 9 heteroatoms. The fourth-order valence-corrected chi connectivity index (χ4v) is 5.45. The zero-order valence-electron chi connectivity index (χ0n) is 23.3. The summed E-state index contributed by atoms with van der Waals surface area (Å²) in [5, 5.41) is 11.0. The van der Waals surface area contributed by atoms with E-state index in [4.69, 9.17) is 24.0 Å². The highest BCUT2D eigenvalue weighted by molar-refractivity contribution is 5.98. The first-order chi connectivity index (χ1) is 20.6. The van der Waals surface area contributed by atoms with Gasteiger partial charge in [-0.1, -0.05) is 78.0 Å². The summed E-state index contributed by atoms with van der Waals surface area (Å²) in [6.45, 7) is 2.00. The second kappa shape index (κ2) is 10.5. The van der Waals surface area contributed by atoms with Gasteiger partial charge in [0.05, 0.1) is 25.5 Å². The minimum absolute atomic E-state index is 0.101. The van der Waals surface area contributed by atoms with Gasteiger partial charge in [0.1, 0.15) is 12.1 Å². The largest absolute Gasteiger partial charge is 0.493 e. The SMILES string of the molecule is COc1ccc([C@H]2c3ccc4ccccc4c3Oc3ncn4nc(CO/N=C(\C)c5ccccc5)nc4c32)cc1OC. The molecule has 4 aromatic carbocycles. The molecule has 0 saturated carbocycles. The quantitative estimate of drug-likeness (QED) is 0.163. The number of hydrogen-bond acceptors (Lipinski definition) is 8. The van der Waals surface area contributed by atoms with Gasteiger partial charge in [-0.2, -0.15) is 0 Å². The van der Waals surface area contributed by atoms with Gasteiger partial charge in [-0.05, 0) is 35.6 Å². The lowest BCUT2D eigenvalue weighted by atomic mass is 9.82. The fraction of sp³-hybridized carbons (Fsp3) is 0.152. The van der Waals surface area contributed by atoms with Crippen molar-refractivity contribution in [3.8, 4) is 23.1 Å². The molecule has 0 fully saturated rings. The van der Waals surface area contributed by atoms with Crippen LogP contribution in [0.1, 0.15) is 40.9 Å². The van der Waals surface area contributed by atoms with Gasteiger partial charge in [0.25, 0.3) is 0 Å². The maximum Gasteiger partial charge on any atom is 0.228 e. The Morgan fingerprint density at radius 2 is 1.74 bits per heavy atom. The van der Waals surface area contributed by atoms with Gasteiger partial charge in [-0.3, -0.25) is 0 Å². The molecule has 1 atom stereocenters. The molecule has 0 saturated heterocycles. The maximum absolute atomic E-state index is 6.52. The summed E-state index contributed by atoms with van der Waals surface area (Å²) in [6, 6.07) is 28.2. The van der Waals surface area contributed by atoms with Gasteiger partial charge < -0.3 is 19.0 Å². The molecular formula is C33H27N5O4. The Morgan fingerprint density at radius 1 is 0.929 bits per heavy atom. The molecule has 42 heavy (non-hydrogen) atoms. The van der Waals surface area contributed by atoms with E-state index in [0.29, 0.717) is 28.9 Å². The Labute approximate surface area is 242 Å². The second-order valence-corrected chi connectivity index (χ2v) is 9.93. The Bertz CT molecular complexity index is 1970. The molecule has 1 aliphatic rings. The number of rotatable bonds is 7. The van der Waals surface area contributed by atoms with Crippen LogP contribution in [0.2, 0.25) is 0 Å². The van der Waals surface area contributed by atoms with Gasteiger partial charge in [-0.15, -0.1) is 5.10 Å². The second-order valence-electron chi connectivity index (χ2n) is 9.93. The number of aromatic nitrogens is 4. The Balaban J connectivity index is 1.34. The normalized spacial score (nSPS) is 14.3. The van der Waals surface area contributed by atoms with Crippen LogP contribution in [-0.2, 0) is 11.4 Å². The average Bonchev–Trinajstić information content (AvgIpc) is 3.47. The van der Waals surface area contributed by atoms with Crippen LogP contribution >= 0.6 is 0 Å². The molecule has 9 nitrogen and oxygen atoms in total. The van der Waals surface area contributed by atoms with Crippen molar-refractivity contribution in [2.75, 3.05) is 14.2 Å². The van der Waals surface area contributed by atoms with Crippen molar-refractivity contribution in [3.63, 3.8) is 0 Å². The van der Waals surface area contributed by atoms with Gasteiger partial charge in [-0.25, -0.2) is 14.5 Å². The van der Waals surface area contributed by atoms with E-state index in [1.54, 1.807) is 25.1 Å². The minimum atomic E-state index is -0.263. The first-order valence-corrected chi connectivity index (χ1v) is 13.5. The highest BCUT2D eigenvalue weighted by atomic mass is 16.6. The van der Waals surface area contributed by atoms with Crippen LogP contribution in [0.15, 0.2) is 96.4 Å². The summed E-state index contributed by atoms with van der Waals surface area (Å²) in [7, 11) is 3.26. The van der Waals surface area contributed by atoms with Crippen LogP contribution in [-0.4, -0.2) is 39.5 Å². The van der Waals surface area contributed by atoms with Crippen molar-refractivity contribution in [3.05, 3.63) is 119 Å². The Kier molecular flexibility index (Phi) is 6.39. The summed E-state index contributed by atoms with van der Waals surface area (Å²) in [6.07, 6.45) is 1.62. The monoisotopic (exact) mass is 557 g/mol. The standard InChI is InChI=1S/C33H27N5O4/c1-20(21-9-5-4-6-10-21)37-41-18-28-35-32-30-29(23-14-16-26(39-2)27(17-23)40-3)25-15-13-22-11-7-8-12-24(22)31(25)42-33(30)34-19-38(32)36-28/h4-17,19,29H,18H2,1-3H3/b37-20+/t29-/m0/s1. The van der Waals surface area contributed by atoms with E-state index in [0.717, 1.165) is 44.5 Å². The first kappa shape index (κ1) is 25.5. The maximum atomic E-state index is 6.52. The van der Waals surface area contributed by atoms with E-state index in [-0.39, 0.29) is 12.5 Å². The molecule has 6 aromatic rings. The van der Waals surface area contributed by atoms with Crippen molar-refractivity contribution < 1.29 is 19.0 Å². The predicted molar refractivity (Wildman–Crippen MR) is 159 cm³/mol. The molecule has 0 N–H and O–H groups in total. The molecule has 2 aromatic heterocycles. The van der Waals surface area contributed by atoms with Crippen LogP contribution < -0.4 is 14.2 Å². The summed E-state index contributed by atoms with van der Waals surface area (Å²) in [4.78, 5) is 15.2. The molecule has 0 amide bonds. The number of benzene rings is 4.